The first-order valence-electron chi connectivity index (χ1n) is 5.41. The first-order valence-corrected chi connectivity index (χ1v) is 6.39. The van der Waals surface area contributed by atoms with Crippen LogP contribution in [-0.2, 0) is 0 Å². The molecule has 0 spiro atoms. The van der Waals surface area contributed by atoms with E-state index in [1.807, 2.05) is 0 Å². The van der Waals surface area contributed by atoms with Gasteiger partial charge in [-0.25, -0.2) is 9.97 Å². The van der Waals surface area contributed by atoms with E-state index in [2.05, 4.69) is 22.1 Å². The molecule has 0 radical (unpaired) electrons. The molecule has 94 valence electrons. The quantitative estimate of drug-likeness (QED) is 0.363. The van der Waals surface area contributed by atoms with E-state index in [9.17, 15) is 4.91 Å². The highest BCUT2D eigenvalue weighted by atomic mass is 32.2. The van der Waals surface area contributed by atoms with Crippen LogP contribution >= 0.6 is 11.8 Å². The fraction of sp³-hybridized carbons (Fsp3) is 0.600. The molecule has 0 saturated carbocycles. The minimum Gasteiger partial charge on any atom is -0.382 e. The first kappa shape index (κ1) is 13.7. The largest absolute Gasteiger partial charge is 0.382 e. The van der Waals surface area contributed by atoms with Crippen LogP contribution in [0.15, 0.2) is 10.3 Å². The molecule has 0 bridgehead atoms. The topological polar surface area (TPSA) is 84.5 Å². The van der Waals surface area contributed by atoms with Crippen LogP contribution < -0.4 is 10.6 Å². The lowest BCUT2D eigenvalue weighted by Gasteiger charge is -2.14. The van der Waals surface area contributed by atoms with E-state index in [1.165, 1.54) is 11.8 Å². The number of hydrogen-bond acceptors (Lipinski definition) is 7. The van der Waals surface area contributed by atoms with Crippen molar-refractivity contribution in [3.63, 3.8) is 0 Å². The summed E-state index contributed by atoms with van der Waals surface area (Å²) in [6.07, 6.45) is 2.22. The molecule has 2 N–H and O–H groups in total. The van der Waals surface area contributed by atoms with E-state index in [1.54, 1.807) is 19.0 Å². The number of unbranched alkanes of at least 4 members (excludes halogenated alkanes) is 1. The highest BCUT2D eigenvalue weighted by Gasteiger charge is 2.14. The van der Waals surface area contributed by atoms with Gasteiger partial charge in [0.25, 0.3) is 0 Å². The van der Waals surface area contributed by atoms with Gasteiger partial charge in [-0.2, -0.15) is 0 Å². The molecule has 0 aliphatic rings. The van der Waals surface area contributed by atoms with Crippen molar-refractivity contribution in [1.82, 2.24) is 9.97 Å². The maximum absolute atomic E-state index is 10.7. The molecule has 6 nitrogen and oxygen atoms in total. The van der Waals surface area contributed by atoms with Crippen LogP contribution in [-0.4, -0.2) is 29.8 Å². The van der Waals surface area contributed by atoms with Gasteiger partial charge in [-0.15, -0.1) is 4.91 Å². The Labute approximate surface area is 105 Å². The monoisotopic (exact) mass is 255 g/mol. The average Bonchev–Trinajstić information content (AvgIpc) is 2.28. The van der Waals surface area contributed by atoms with Crippen molar-refractivity contribution in [3.8, 4) is 0 Å². The van der Waals surface area contributed by atoms with Gasteiger partial charge in [-0.1, -0.05) is 25.1 Å². The summed E-state index contributed by atoms with van der Waals surface area (Å²) in [6.45, 7) is 2.13. The Morgan fingerprint density at radius 3 is 2.65 bits per heavy atom. The molecule has 17 heavy (non-hydrogen) atoms. The van der Waals surface area contributed by atoms with Gasteiger partial charge >= 0.3 is 0 Å². The van der Waals surface area contributed by atoms with Crippen LogP contribution in [0.3, 0.4) is 0 Å². The predicted octanol–water partition coefficient (Wildman–Crippen LogP) is 2.41. The summed E-state index contributed by atoms with van der Waals surface area (Å²) in [7, 11) is 3.58. The molecule has 0 aliphatic carbocycles. The summed E-state index contributed by atoms with van der Waals surface area (Å²) < 4.78 is 0. The molecule has 1 aromatic rings. The fourth-order valence-electron chi connectivity index (χ4n) is 1.21. The molecule has 1 aromatic heterocycles. The Hall–Kier alpha value is -1.37. The third kappa shape index (κ3) is 3.55. The fourth-order valence-corrected chi connectivity index (χ4v) is 2.14. The summed E-state index contributed by atoms with van der Waals surface area (Å²) in [5, 5.41) is 3.47. The number of rotatable bonds is 6. The van der Waals surface area contributed by atoms with Crippen molar-refractivity contribution in [2.24, 2.45) is 5.18 Å². The molecule has 0 aromatic carbocycles. The SMILES string of the molecule is CCCCSc1nc(N)c(N=O)c(N(C)C)n1. The Kier molecular flexibility index (Phi) is 5.14. The maximum atomic E-state index is 10.7. The Bertz CT molecular complexity index is 397. The zero-order valence-corrected chi connectivity index (χ0v) is 11.1. The van der Waals surface area contributed by atoms with E-state index in [0.717, 1.165) is 18.6 Å². The van der Waals surface area contributed by atoms with Crippen molar-refractivity contribution < 1.29 is 0 Å². The van der Waals surface area contributed by atoms with Gasteiger partial charge in [0.1, 0.15) is 0 Å². The Morgan fingerprint density at radius 1 is 1.41 bits per heavy atom. The van der Waals surface area contributed by atoms with Crippen molar-refractivity contribution in [1.29, 1.82) is 0 Å². The van der Waals surface area contributed by atoms with Gasteiger partial charge in [0.15, 0.2) is 22.5 Å². The zero-order valence-electron chi connectivity index (χ0n) is 10.3. The lowest BCUT2D eigenvalue weighted by Crippen LogP contribution is -2.13. The number of aromatic nitrogens is 2. The standard InChI is InChI=1S/C10H17N5OS/c1-4-5-6-17-10-12-8(11)7(14-16)9(13-10)15(2)3/h4-6H2,1-3H3,(H2,11,12,13). The normalized spacial score (nSPS) is 10.3. The number of nitrogens with zero attached hydrogens (tertiary/aromatic N) is 4. The summed E-state index contributed by atoms with van der Waals surface area (Å²) >= 11 is 1.54. The number of nitroso groups, excluding NO2 is 1. The van der Waals surface area contributed by atoms with Crippen LogP contribution in [0.5, 0.6) is 0 Å². The molecule has 0 saturated heterocycles. The second-order valence-electron chi connectivity index (χ2n) is 3.75. The second-order valence-corrected chi connectivity index (χ2v) is 4.81. The highest BCUT2D eigenvalue weighted by Crippen LogP contribution is 2.32. The van der Waals surface area contributed by atoms with Crippen LogP contribution in [0.4, 0.5) is 17.3 Å². The Morgan fingerprint density at radius 2 is 2.12 bits per heavy atom. The summed E-state index contributed by atoms with van der Waals surface area (Å²) in [4.78, 5) is 20.7. The molecule has 1 rings (SSSR count). The zero-order chi connectivity index (χ0) is 12.8. The molecule has 0 unspecified atom stereocenters. The third-order valence-corrected chi connectivity index (χ3v) is 3.05. The maximum Gasteiger partial charge on any atom is 0.192 e. The van der Waals surface area contributed by atoms with Crippen LogP contribution in [0.1, 0.15) is 19.8 Å². The van der Waals surface area contributed by atoms with Gasteiger partial charge in [0, 0.05) is 19.8 Å². The smallest absolute Gasteiger partial charge is 0.192 e. The van der Waals surface area contributed by atoms with Crippen molar-refractivity contribution >= 4 is 29.1 Å². The molecule has 0 fully saturated rings. The number of thioether (sulfide) groups is 1. The summed E-state index contributed by atoms with van der Waals surface area (Å²) in [5.74, 6) is 1.54. The number of hydrogen-bond donors (Lipinski definition) is 1. The van der Waals surface area contributed by atoms with Crippen molar-refractivity contribution in [3.05, 3.63) is 4.91 Å². The van der Waals surface area contributed by atoms with Crippen LogP contribution in [0.2, 0.25) is 0 Å². The second kappa shape index (κ2) is 6.39. The minimum atomic E-state index is 0.106. The lowest BCUT2D eigenvalue weighted by molar-refractivity contribution is 0.885. The summed E-state index contributed by atoms with van der Waals surface area (Å²) in [6, 6.07) is 0. The van der Waals surface area contributed by atoms with Crippen LogP contribution in [0.25, 0.3) is 0 Å². The lowest BCUT2D eigenvalue weighted by atomic mass is 10.4. The Balaban J connectivity index is 2.98. The molecular formula is C10H17N5OS. The van der Waals surface area contributed by atoms with E-state index in [4.69, 9.17) is 5.73 Å². The molecule has 0 aliphatic heterocycles. The van der Waals surface area contributed by atoms with Gasteiger partial charge in [-0.05, 0) is 11.6 Å². The van der Waals surface area contributed by atoms with Gasteiger partial charge in [0.05, 0.1) is 0 Å². The average molecular weight is 255 g/mol. The van der Waals surface area contributed by atoms with Crippen molar-refractivity contribution in [2.75, 3.05) is 30.5 Å². The van der Waals surface area contributed by atoms with E-state index >= 15 is 0 Å². The van der Waals surface area contributed by atoms with Gasteiger partial charge < -0.3 is 10.6 Å². The number of nitrogen functional groups attached to an aromatic ring is 1. The minimum absolute atomic E-state index is 0.106. The van der Waals surface area contributed by atoms with Crippen molar-refractivity contribution in [2.45, 2.75) is 24.9 Å². The van der Waals surface area contributed by atoms with Crippen LogP contribution in [0, 0.1) is 4.91 Å². The van der Waals surface area contributed by atoms with E-state index < -0.39 is 0 Å². The molecule has 0 atom stereocenters. The third-order valence-electron chi connectivity index (χ3n) is 2.12. The molecule has 7 heteroatoms. The number of nitrogens with two attached hydrogens (primary N) is 1. The van der Waals surface area contributed by atoms with Gasteiger partial charge in [-0.3, -0.25) is 0 Å². The highest BCUT2D eigenvalue weighted by molar-refractivity contribution is 7.99. The number of anilines is 2. The predicted molar refractivity (Wildman–Crippen MR) is 71.9 cm³/mol. The van der Waals surface area contributed by atoms with E-state index in [0.29, 0.717) is 11.0 Å². The molecule has 1 heterocycles. The van der Waals surface area contributed by atoms with Gasteiger partial charge in [0.2, 0.25) is 0 Å². The molecular weight excluding hydrogens is 238 g/mol. The molecule has 0 amide bonds. The first-order chi connectivity index (χ1) is 8.10. The summed E-state index contributed by atoms with van der Waals surface area (Å²) in [5.41, 5.74) is 5.80. The van der Waals surface area contributed by atoms with E-state index in [-0.39, 0.29) is 11.5 Å².